The van der Waals surface area contributed by atoms with E-state index in [1.54, 1.807) is 30.6 Å². The van der Waals surface area contributed by atoms with E-state index < -0.39 is 0 Å². The molecule has 0 radical (unpaired) electrons. The predicted molar refractivity (Wildman–Crippen MR) is 81.5 cm³/mol. The Hall–Kier alpha value is -3.02. The fraction of sp³-hybridized carbons (Fsp3) is 0.125. The van der Waals surface area contributed by atoms with Gasteiger partial charge in [-0.15, -0.1) is 0 Å². The molecule has 2 aromatic carbocycles. The van der Waals surface area contributed by atoms with Crippen LogP contribution in [0.3, 0.4) is 0 Å². The molecule has 22 heavy (non-hydrogen) atoms. The van der Waals surface area contributed by atoms with Crippen molar-refractivity contribution in [1.29, 1.82) is 0 Å². The highest BCUT2D eigenvalue weighted by Gasteiger charge is 2.15. The average Bonchev–Trinajstić information content (AvgIpc) is 3.03. The first kappa shape index (κ1) is 12.7. The number of aromatic amines is 1. The Morgan fingerprint density at radius 3 is 2.91 bits per heavy atom. The number of ether oxygens (including phenoxy) is 2. The Kier molecular flexibility index (Phi) is 2.93. The lowest BCUT2D eigenvalue weighted by Gasteiger charge is -2.19. The molecule has 0 spiro atoms. The summed E-state index contributed by atoms with van der Waals surface area (Å²) in [5.41, 5.74) is 2.66. The van der Waals surface area contributed by atoms with Crippen LogP contribution in [0, 0.1) is 0 Å². The second kappa shape index (κ2) is 5.07. The Morgan fingerprint density at radius 1 is 1.14 bits per heavy atom. The number of fused-ring (bicyclic) bond motifs is 2. The second-order valence-electron chi connectivity index (χ2n) is 4.92. The molecule has 1 aromatic heterocycles. The van der Waals surface area contributed by atoms with Crippen molar-refractivity contribution >= 4 is 22.6 Å². The van der Waals surface area contributed by atoms with Gasteiger partial charge in [-0.25, -0.2) is 4.98 Å². The number of amides is 1. The molecule has 0 bridgehead atoms. The summed E-state index contributed by atoms with van der Waals surface area (Å²) in [7, 11) is 0. The van der Waals surface area contributed by atoms with Gasteiger partial charge in [-0.3, -0.25) is 4.79 Å². The molecule has 3 aromatic rings. The summed E-state index contributed by atoms with van der Waals surface area (Å²) >= 11 is 0. The monoisotopic (exact) mass is 295 g/mol. The van der Waals surface area contributed by atoms with E-state index in [0.29, 0.717) is 41.5 Å². The summed E-state index contributed by atoms with van der Waals surface area (Å²) in [6.45, 7) is 1.05. The highest BCUT2D eigenvalue weighted by Crippen LogP contribution is 2.32. The Balaban J connectivity index is 1.63. The van der Waals surface area contributed by atoms with Crippen LogP contribution in [0.1, 0.15) is 10.4 Å². The molecule has 2 N–H and O–H groups in total. The van der Waals surface area contributed by atoms with Crippen LogP contribution in [-0.2, 0) is 0 Å². The number of benzene rings is 2. The second-order valence-corrected chi connectivity index (χ2v) is 4.92. The minimum atomic E-state index is -0.214. The van der Waals surface area contributed by atoms with E-state index in [1.807, 2.05) is 12.1 Å². The molecule has 0 atom stereocenters. The minimum Gasteiger partial charge on any atom is -0.486 e. The van der Waals surface area contributed by atoms with Gasteiger partial charge in [0.05, 0.1) is 17.4 Å². The Bertz CT molecular complexity index is 857. The SMILES string of the molecule is O=C(Nc1ccc2c(c1)OCCO2)c1cccc2[nH]cnc12. The number of hydrogen-bond acceptors (Lipinski definition) is 4. The van der Waals surface area contributed by atoms with Crippen molar-refractivity contribution in [2.45, 2.75) is 0 Å². The van der Waals surface area contributed by atoms with E-state index in [4.69, 9.17) is 9.47 Å². The van der Waals surface area contributed by atoms with Crippen LogP contribution >= 0.6 is 0 Å². The third-order valence-electron chi connectivity index (χ3n) is 3.49. The zero-order valence-corrected chi connectivity index (χ0v) is 11.6. The number of hydrogen-bond donors (Lipinski definition) is 2. The number of carbonyl (C=O) groups excluding carboxylic acids is 1. The number of rotatable bonds is 2. The Labute approximate surface area is 126 Å². The van der Waals surface area contributed by atoms with E-state index in [9.17, 15) is 4.79 Å². The van der Waals surface area contributed by atoms with Crippen LogP contribution in [0.4, 0.5) is 5.69 Å². The zero-order chi connectivity index (χ0) is 14.9. The predicted octanol–water partition coefficient (Wildman–Crippen LogP) is 2.59. The molecule has 1 aliphatic heterocycles. The third-order valence-corrected chi connectivity index (χ3v) is 3.49. The van der Waals surface area contributed by atoms with E-state index >= 15 is 0 Å². The van der Waals surface area contributed by atoms with Crippen molar-refractivity contribution in [2.75, 3.05) is 18.5 Å². The summed E-state index contributed by atoms with van der Waals surface area (Å²) in [6.07, 6.45) is 1.57. The molecular formula is C16H13N3O3. The van der Waals surface area contributed by atoms with Crippen LogP contribution in [0.15, 0.2) is 42.7 Å². The zero-order valence-electron chi connectivity index (χ0n) is 11.6. The van der Waals surface area contributed by atoms with Crippen molar-refractivity contribution in [3.8, 4) is 11.5 Å². The summed E-state index contributed by atoms with van der Waals surface area (Å²) in [5, 5.41) is 2.86. The average molecular weight is 295 g/mol. The Morgan fingerprint density at radius 2 is 2.00 bits per heavy atom. The van der Waals surface area contributed by atoms with Gasteiger partial charge in [0.15, 0.2) is 11.5 Å². The van der Waals surface area contributed by atoms with Gasteiger partial charge in [-0.1, -0.05) is 6.07 Å². The summed E-state index contributed by atoms with van der Waals surface area (Å²) < 4.78 is 11.0. The number of aromatic nitrogens is 2. The summed E-state index contributed by atoms with van der Waals surface area (Å²) in [6, 6.07) is 10.8. The number of nitrogens with zero attached hydrogens (tertiary/aromatic N) is 1. The van der Waals surface area contributed by atoms with Crippen LogP contribution < -0.4 is 14.8 Å². The number of imidazole rings is 1. The van der Waals surface area contributed by atoms with Gasteiger partial charge in [0.2, 0.25) is 0 Å². The van der Waals surface area contributed by atoms with Gasteiger partial charge in [0.1, 0.15) is 18.7 Å². The molecule has 1 amide bonds. The van der Waals surface area contributed by atoms with Crippen molar-refractivity contribution in [1.82, 2.24) is 9.97 Å². The van der Waals surface area contributed by atoms with E-state index in [0.717, 1.165) is 5.52 Å². The fourth-order valence-electron chi connectivity index (χ4n) is 2.47. The number of H-pyrrole nitrogens is 1. The van der Waals surface area contributed by atoms with Crippen LogP contribution in [-0.4, -0.2) is 29.1 Å². The molecule has 0 saturated carbocycles. The first-order chi connectivity index (χ1) is 10.8. The van der Waals surface area contributed by atoms with Gasteiger partial charge in [-0.2, -0.15) is 0 Å². The maximum absolute atomic E-state index is 12.5. The molecule has 0 fully saturated rings. The van der Waals surface area contributed by atoms with E-state index in [1.165, 1.54) is 0 Å². The first-order valence-corrected chi connectivity index (χ1v) is 6.94. The first-order valence-electron chi connectivity index (χ1n) is 6.94. The fourth-order valence-corrected chi connectivity index (χ4v) is 2.47. The van der Waals surface area contributed by atoms with Crippen LogP contribution in [0.5, 0.6) is 11.5 Å². The highest BCUT2D eigenvalue weighted by molar-refractivity contribution is 6.11. The molecule has 110 valence electrons. The van der Waals surface area contributed by atoms with Gasteiger partial charge >= 0.3 is 0 Å². The topological polar surface area (TPSA) is 76.2 Å². The highest BCUT2D eigenvalue weighted by atomic mass is 16.6. The molecule has 0 aliphatic carbocycles. The van der Waals surface area contributed by atoms with Crippen molar-refractivity contribution in [3.05, 3.63) is 48.3 Å². The number of anilines is 1. The lowest BCUT2D eigenvalue weighted by atomic mass is 10.1. The van der Waals surface area contributed by atoms with Crippen molar-refractivity contribution < 1.29 is 14.3 Å². The van der Waals surface area contributed by atoms with E-state index in [2.05, 4.69) is 15.3 Å². The summed E-state index contributed by atoms with van der Waals surface area (Å²) in [5.74, 6) is 1.12. The third kappa shape index (κ3) is 2.14. The number of para-hydroxylation sites is 1. The van der Waals surface area contributed by atoms with Gasteiger partial charge in [0, 0.05) is 11.8 Å². The van der Waals surface area contributed by atoms with Gasteiger partial charge in [-0.05, 0) is 24.3 Å². The summed E-state index contributed by atoms with van der Waals surface area (Å²) in [4.78, 5) is 19.6. The molecule has 0 saturated heterocycles. The van der Waals surface area contributed by atoms with Crippen molar-refractivity contribution in [3.63, 3.8) is 0 Å². The molecule has 2 heterocycles. The lowest BCUT2D eigenvalue weighted by molar-refractivity contribution is 0.102. The van der Waals surface area contributed by atoms with Crippen LogP contribution in [0.25, 0.3) is 11.0 Å². The van der Waals surface area contributed by atoms with Gasteiger partial charge in [0.25, 0.3) is 5.91 Å². The standard InChI is InChI=1S/C16H13N3O3/c20-16(11-2-1-3-12-15(11)18-9-17-12)19-10-4-5-13-14(8-10)22-7-6-21-13/h1-5,8-9H,6-7H2,(H,17,18)(H,19,20). The lowest BCUT2D eigenvalue weighted by Crippen LogP contribution is -2.16. The molecule has 4 rings (SSSR count). The van der Waals surface area contributed by atoms with Crippen LogP contribution in [0.2, 0.25) is 0 Å². The minimum absolute atomic E-state index is 0.214. The molecule has 1 aliphatic rings. The quantitative estimate of drug-likeness (QED) is 0.762. The maximum atomic E-state index is 12.5. The number of nitrogens with one attached hydrogen (secondary N) is 2. The molecule has 0 unspecified atom stereocenters. The maximum Gasteiger partial charge on any atom is 0.257 e. The van der Waals surface area contributed by atoms with E-state index in [-0.39, 0.29) is 5.91 Å². The molecular weight excluding hydrogens is 282 g/mol. The number of carbonyl (C=O) groups is 1. The molecule has 6 heteroatoms. The van der Waals surface area contributed by atoms with Gasteiger partial charge < -0.3 is 19.8 Å². The van der Waals surface area contributed by atoms with Crippen molar-refractivity contribution in [2.24, 2.45) is 0 Å². The largest absolute Gasteiger partial charge is 0.486 e. The smallest absolute Gasteiger partial charge is 0.257 e. The normalized spacial score (nSPS) is 13.1. The molecule has 6 nitrogen and oxygen atoms in total.